The van der Waals surface area contributed by atoms with Gasteiger partial charge in [0.05, 0.1) is 11.7 Å². The largest absolute Gasteiger partial charge is 0.406 e. The third-order valence-electron chi connectivity index (χ3n) is 8.77. The zero-order valence-corrected chi connectivity index (χ0v) is 23.3. The molecule has 42 heavy (non-hydrogen) atoms. The third-order valence-corrected chi connectivity index (χ3v) is 8.77. The molecular weight excluding hydrogens is 547 g/mol. The number of piperidine rings is 1. The Kier molecular flexibility index (Phi) is 7.28. The van der Waals surface area contributed by atoms with Crippen molar-refractivity contribution in [1.82, 2.24) is 25.0 Å². The minimum atomic E-state index is -4.58. The molecule has 0 spiro atoms. The van der Waals surface area contributed by atoms with Crippen molar-refractivity contribution >= 4 is 33.6 Å². The van der Waals surface area contributed by atoms with Crippen molar-refractivity contribution in [1.29, 1.82) is 0 Å². The number of aromatic nitrogens is 3. The summed E-state index contributed by atoms with van der Waals surface area (Å²) in [5, 5.41) is 8.63. The van der Waals surface area contributed by atoms with Gasteiger partial charge in [-0.1, -0.05) is 24.3 Å². The number of carbonyl (C=O) groups is 2. The van der Waals surface area contributed by atoms with E-state index in [0.717, 1.165) is 32.4 Å². The molecule has 0 unspecified atom stereocenters. The van der Waals surface area contributed by atoms with Gasteiger partial charge in [0.15, 0.2) is 0 Å². The fraction of sp³-hybridized carbons (Fsp3) is 0.419. The number of nitrogens with one attached hydrogen (secondary N) is 2. The standard InChI is InChI=1S/C31H32F3N5O3/c1-18-12-20-6-7-22(30(42)39(17-31(32,33)34)16-25(20)24-15-35-37-28(18)24)14-27(40)38-10-8-19(9-11-38)23-13-21-4-2-3-5-26(21)36-29(23)41/h2-5,12-13,15,19,22H,6-11,14,16-17H2,1H3,(H,35,37)(H,36,41)/t22-/m0/s1. The van der Waals surface area contributed by atoms with Crippen LogP contribution in [0.3, 0.4) is 0 Å². The summed E-state index contributed by atoms with van der Waals surface area (Å²) in [6.07, 6.45) is -1.18. The molecule has 6 rings (SSSR count). The summed E-state index contributed by atoms with van der Waals surface area (Å²) in [6, 6.07) is 11.4. The Hall–Kier alpha value is -4.15. The maximum atomic E-state index is 13.6. The molecule has 0 radical (unpaired) electrons. The molecule has 2 aromatic carbocycles. The molecule has 220 valence electrons. The van der Waals surface area contributed by atoms with Crippen LogP contribution in [0.1, 0.15) is 53.9 Å². The number of alkyl halides is 3. The van der Waals surface area contributed by atoms with E-state index in [-0.39, 0.29) is 36.8 Å². The number of fused-ring (bicyclic) bond motifs is 4. The fourth-order valence-corrected chi connectivity index (χ4v) is 6.59. The SMILES string of the molecule is Cc1cc2c(c3cn[nH]c13)CN(CC(F)(F)F)C(=O)[C@H](CC(=O)N1CCC(c3cc4ccccc4[nH]c3=O)CC1)CC2. The first-order valence-electron chi connectivity index (χ1n) is 14.3. The van der Waals surface area contributed by atoms with Gasteiger partial charge in [0.25, 0.3) is 5.56 Å². The number of likely N-dealkylation sites (tertiary alicyclic amines) is 1. The van der Waals surface area contributed by atoms with Crippen LogP contribution in [-0.2, 0) is 22.6 Å². The number of carbonyl (C=O) groups excluding carboxylic acids is 2. The van der Waals surface area contributed by atoms with Crippen LogP contribution >= 0.6 is 0 Å². The van der Waals surface area contributed by atoms with Gasteiger partial charge in [0.1, 0.15) is 6.54 Å². The summed E-state index contributed by atoms with van der Waals surface area (Å²) in [5.74, 6) is -1.75. The second-order valence-electron chi connectivity index (χ2n) is 11.5. The summed E-state index contributed by atoms with van der Waals surface area (Å²) in [6.45, 7) is 1.18. The average molecular weight is 580 g/mol. The molecule has 0 saturated carbocycles. The lowest BCUT2D eigenvalue weighted by Gasteiger charge is -2.35. The molecule has 8 nitrogen and oxygen atoms in total. The maximum Gasteiger partial charge on any atom is 0.406 e. The van der Waals surface area contributed by atoms with Gasteiger partial charge in [0, 0.05) is 48.4 Å². The number of amides is 2. The minimum Gasteiger partial charge on any atom is -0.343 e. The van der Waals surface area contributed by atoms with Crippen LogP contribution < -0.4 is 5.56 Å². The van der Waals surface area contributed by atoms with E-state index in [1.165, 1.54) is 0 Å². The number of nitrogens with zero attached hydrogens (tertiary/aromatic N) is 3. The number of para-hydroxylation sites is 1. The summed E-state index contributed by atoms with van der Waals surface area (Å²) in [4.78, 5) is 45.1. The van der Waals surface area contributed by atoms with Crippen LogP contribution in [0.25, 0.3) is 21.8 Å². The van der Waals surface area contributed by atoms with E-state index in [1.54, 1.807) is 11.1 Å². The van der Waals surface area contributed by atoms with Gasteiger partial charge in [-0.15, -0.1) is 0 Å². The van der Waals surface area contributed by atoms with E-state index in [0.29, 0.717) is 48.9 Å². The van der Waals surface area contributed by atoms with E-state index in [9.17, 15) is 27.6 Å². The van der Waals surface area contributed by atoms with Gasteiger partial charge in [0.2, 0.25) is 11.8 Å². The normalized spacial score (nSPS) is 18.8. The summed E-state index contributed by atoms with van der Waals surface area (Å²) in [5.41, 5.74) is 4.54. The quantitative estimate of drug-likeness (QED) is 0.357. The van der Waals surface area contributed by atoms with E-state index >= 15 is 0 Å². The van der Waals surface area contributed by atoms with E-state index in [2.05, 4.69) is 15.2 Å². The first kappa shape index (κ1) is 28.0. The van der Waals surface area contributed by atoms with Crippen LogP contribution in [0.2, 0.25) is 0 Å². The van der Waals surface area contributed by atoms with Gasteiger partial charge in [-0.05, 0) is 72.7 Å². The zero-order valence-electron chi connectivity index (χ0n) is 23.3. The predicted octanol–water partition coefficient (Wildman–Crippen LogP) is 4.96. The smallest absolute Gasteiger partial charge is 0.343 e. The Labute approximate surface area is 239 Å². The Balaban J connectivity index is 1.18. The average Bonchev–Trinajstić information content (AvgIpc) is 3.45. The number of rotatable bonds is 4. The monoisotopic (exact) mass is 579 g/mol. The molecular formula is C31H32F3N5O3. The van der Waals surface area contributed by atoms with Gasteiger partial charge in [-0.25, -0.2) is 0 Å². The molecule has 2 aliphatic heterocycles. The Morgan fingerprint density at radius 1 is 1.10 bits per heavy atom. The summed E-state index contributed by atoms with van der Waals surface area (Å²) in [7, 11) is 0. The number of hydrogen-bond acceptors (Lipinski definition) is 4. The van der Waals surface area contributed by atoms with Gasteiger partial charge in [-0.2, -0.15) is 18.3 Å². The molecule has 2 N–H and O–H groups in total. The molecule has 4 heterocycles. The highest BCUT2D eigenvalue weighted by molar-refractivity contribution is 5.89. The molecule has 1 atom stereocenters. The highest BCUT2D eigenvalue weighted by Gasteiger charge is 2.38. The van der Waals surface area contributed by atoms with E-state index < -0.39 is 24.5 Å². The molecule has 11 heteroatoms. The van der Waals surface area contributed by atoms with Crippen LogP contribution in [0, 0.1) is 12.8 Å². The van der Waals surface area contributed by atoms with Crippen molar-refractivity contribution in [2.75, 3.05) is 19.6 Å². The van der Waals surface area contributed by atoms with Crippen LogP contribution in [0.15, 0.2) is 47.4 Å². The van der Waals surface area contributed by atoms with Crippen LogP contribution in [0.5, 0.6) is 0 Å². The van der Waals surface area contributed by atoms with Gasteiger partial charge >= 0.3 is 6.18 Å². The van der Waals surface area contributed by atoms with Crippen LogP contribution in [0.4, 0.5) is 13.2 Å². The summed E-state index contributed by atoms with van der Waals surface area (Å²) < 4.78 is 40.8. The predicted molar refractivity (Wildman–Crippen MR) is 152 cm³/mol. The Morgan fingerprint density at radius 3 is 2.62 bits per heavy atom. The number of hydrogen-bond donors (Lipinski definition) is 2. The molecule has 0 bridgehead atoms. The lowest BCUT2D eigenvalue weighted by atomic mass is 9.87. The zero-order chi connectivity index (χ0) is 29.6. The van der Waals surface area contributed by atoms with E-state index in [1.807, 2.05) is 43.3 Å². The third kappa shape index (κ3) is 5.52. The highest BCUT2D eigenvalue weighted by atomic mass is 19.4. The molecule has 4 aromatic rings. The molecule has 1 saturated heterocycles. The fourth-order valence-electron chi connectivity index (χ4n) is 6.59. The number of pyridine rings is 1. The van der Waals surface area contributed by atoms with E-state index in [4.69, 9.17) is 0 Å². The molecule has 2 aliphatic rings. The van der Waals surface area contributed by atoms with Crippen molar-refractivity contribution in [2.24, 2.45) is 5.92 Å². The molecule has 2 aromatic heterocycles. The summed E-state index contributed by atoms with van der Waals surface area (Å²) >= 11 is 0. The van der Waals surface area contributed by atoms with Gasteiger partial charge in [-0.3, -0.25) is 19.5 Å². The second-order valence-corrected chi connectivity index (χ2v) is 11.5. The van der Waals surface area contributed by atoms with Crippen molar-refractivity contribution in [3.05, 3.63) is 75.2 Å². The Bertz CT molecular complexity index is 1720. The van der Waals surface area contributed by atoms with Crippen molar-refractivity contribution < 1.29 is 22.8 Å². The minimum absolute atomic E-state index is 0.00722. The second kappa shape index (κ2) is 10.9. The maximum absolute atomic E-state index is 13.6. The topological polar surface area (TPSA) is 102 Å². The number of aryl methyl sites for hydroxylation is 2. The van der Waals surface area contributed by atoms with Crippen molar-refractivity contribution in [3.63, 3.8) is 0 Å². The molecule has 0 aliphatic carbocycles. The molecule has 2 amide bonds. The lowest BCUT2D eigenvalue weighted by molar-refractivity contribution is -0.166. The van der Waals surface area contributed by atoms with Crippen LogP contribution in [-0.4, -0.2) is 62.6 Å². The van der Waals surface area contributed by atoms with Crippen molar-refractivity contribution in [3.8, 4) is 0 Å². The number of H-pyrrole nitrogens is 2. The first-order chi connectivity index (χ1) is 20.1. The molecule has 1 fully saturated rings. The number of halogens is 3. The number of benzene rings is 2. The Morgan fingerprint density at radius 2 is 1.86 bits per heavy atom. The first-order valence-corrected chi connectivity index (χ1v) is 14.3. The number of aromatic amines is 2. The van der Waals surface area contributed by atoms with Crippen molar-refractivity contribution in [2.45, 2.75) is 57.7 Å². The van der Waals surface area contributed by atoms with Gasteiger partial charge < -0.3 is 14.8 Å². The highest BCUT2D eigenvalue weighted by Crippen LogP contribution is 2.33. The lowest BCUT2D eigenvalue weighted by Crippen LogP contribution is -2.45.